The summed E-state index contributed by atoms with van der Waals surface area (Å²) in [6, 6.07) is 16.6. The fraction of sp³-hybridized carbons (Fsp3) is 0.0588. The number of allylic oxidation sites excluding steroid dienone is 1. The number of hydrogen-bond donors (Lipinski definition) is 0. The van der Waals surface area contributed by atoms with Crippen molar-refractivity contribution in [3.63, 3.8) is 0 Å². The summed E-state index contributed by atoms with van der Waals surface area (Å²) in [4.78, 5) is 12.3. The van der Waals surface area contributed by atoms with Gasteiger partial charge in [-0.25, -0.2) is 0 Å². The quantitative estimate of drug-likeness (QED) is 0.580. The molecule has 2 aromatic rings. The molecule has 2 aromatic carbocycles. The molecule has 3 heteroatoms. The zero-order valence-corrected chi connectivity index (χ0v) is 10.7. The number of Topliss-reactive ketones (excluding diaryl/α,β-unsaturated/α-hetero) is 1. The van der Waals surface area contributed by atoms with E-state index >= 15 is 0 Å². The summed E-state index contributed by atoms with van der Waals surface area (Å²) in [5.74, 6) is -0.396. The van der Waals surface area contributed by atoms with E-state index in [9.17, 15) is 4.79 Å². The van der Waals surface area contributed by atoms with Gasteiger partial charge in [-0.2, -0.15) is 5.26 Å². The largest absolute Gasteiger partial charge is 0.289 e. The number of carbonyl (C=O) groups excluding carboxylic acids is 1. The van der Waals surface area contributed by atoms with Crippen LogP contribution in [-0.4, -0.2) is 13.6 Å². The molecule has 2 radical (unpaired) electrons. The van der Waals surface area contributed by atoms with E-state index in [4.69, 9.17) is 13.1 Å². The minimum absolute atomic E-state index is 0.0162. The summed E-state index contributed by atoms with van der Waals surface area (Å²) < 4.78 is 0. The fourth-order valence-corrected chi connectivity index (χ4v) is 2.43. The minimum atomic E-state index is -0.380. The number of hydrogen-bond acceptors (Lipinski definition) is 2. The molecule has 0 aliphatic heterocycles. The van der Waals surface area contributed by atoms with Crippen molar-refractivity contribution in [2.45, 2.75) is 5.82 Å². The summed E-state index contributed by atoms with van der Waals surface area (Å²) in [6.45, 7) is 0. The van der Waals surface area contributed by atoms with Gasteiger partial charge < -0.3 is 0 Å². The van der Waals surface area contributed by atoms with E-state index < -0.39 is 0 Å². The van der Waals surface area contributed by atoms with Gasteiger partial charge in [-0.3, -0.25) is 4.79 Å². The highest BCUT2D eigenvalue weighted by atomic mass is 16.1. The SMILES string of the molecule is [B]C1/C(=C\c2ccc(C#N)cc2)C(=O)c2ccccc21. The van der Waals surface area contributed by atoms with Gasteiger partial charge in [-0.1, -0.05) is 36.4 Å². The first-order valence-electron chi connectivity index (χ1n) is 6.31. The highest BCUT2D eigenvalue weighted by molar-refractivity contribution is 6.28. The summed E-state index contributed by atoms with van der Waals surface area (Å²) in [7, 11) is 6.14. The van der Waals surface area contributed by atoms with E-state index in [0.29, 0.717) is 16.7 Å². The highest BCUT2D eigenvalue weighted by Crippen LogP contribution is 2.36. The highest BCUT2D eigenvalue weighted by Gasteiger charge is 2.30. The number of rotatable bonds is 1. The molecule has 0 bridgehead atoms. The van der Waals surface area contributed by atoms with Crippen LogP contribution in [0.25, 0.3) is 6.08 Å². The van der Waals surface area contributed by atoms with Crippen LogP contribution in [0, 0.1) is 11.3 Å². The van der Waals surface area contributed by atoms with Gasteiger partial charge in [0.2, 0.25) is 0 Å². The molecule has 0 N–H and O–H groups in total. The summed E-state index contributed by atoms with van der Waals surface area (Å²) in [6.07, 6.45) is 1.80. The van der Waals surface area contributed by atoms with Crippen molar-refractivity contribution in [3.8, 4) is 6.07 Å². The van der Waals surface area contributed by atoms with Crippen LogP contribution in [0.1, 0.15) is 32.9 Å². The summed E-state index contributed by atoms with van der Waals surface area (Å²) >= 11 is 0. The summed E-state index contributed by atoms with van der Waals surface area (Å²) in [5.41, 5.74) is 3.61. The lowest BCUT2D eigenvalue weighted by Crippen LogP contribution is -1.99. The van der Waals surface area contributed by atoms with E-state index in [-0.39, 0.29) is 11.6 Å². The molecule has 0 spiro atoms. The predicted octanol–water partition coefficient (Wildman–Crippen LogP) is 3.05. The monoisotopic (exact) mass is 255 g/mol. The van der Waals surface area contributed by atoms with E-state index in [2.05, 4.69) is 6.07 Å². The lowest BCUT2D eigenvalue weighted by Gasteiger charge is -2.05. The minimum Gasteiger partial charge on any atom is -0.289 e. The van der Waals surface area contributed by atoms with Crippen molar-refractivity contribution in [3.05, 3.63) is 76.4 Å². The van der Waals surface area contributed by atoms with E-state index in [0.717, 1.165) is 11.1 Å². The van der Waals surface area contributed by atoms with Crippen molar-refractivity contribution in [1.29, 1.82) is 5.26 Å². The maximum atomic E-state index is 12.3. The fourth-order valence-electron chi connectivity index (χ4n) is 2.43. The van der Waals surface area contributed by atoms with Crippen LogP contribution in [-0.2, 0) is 0 Å². The molecule has 0 heterocycles. The van der Waals surface area contributed by atoms with Gasteiger partial charge >= 0.3 is 0 Å². The van der Waals surface area contributed by atoms with Crippen molar-refractivity contribution >= 4 is 19.7 Å². The molecule has 0 fully saturated rings. The van der Waals surface area contributed by atoms with E-state index in [1.807, 2.05) is 30.3 Å². The first-order valence-corrected chi connectivity index (χ1v) is 6.31. The molecule has 20 heavy (non-hydrogen) atoms. The van der Waals surface area contributed by atoms with Crippen LogP contribution in [0.15, 0.2) is 54.1 Å². The van der Waals surface area contributed by atoms with Crippen molar-refractivity contribution < 1.29 is 4.79 Å². The molecule has 1 unspecified atom stereocenters. The maximum Gasteiger partial charge on any atom is 0.189 e. The smallest absolute Gasteiger partial charge is 0.189 e. The van der Waals surface area contributed by atoms with E-state index in [1.165, 1.54) is 0 Å². The topological polar surface area (TPSA) is 40.9 Å². The standard InChI is InChI=1S/C17H10BNO/c18-16-13-3-1-2-4-14(13)17(20)15(16)9-11-5-7-12(10-19)8-6-11/h1-9,16H/b15-9+. The summed E-state index contributed by atoms with van der Waals surface area (Å²) in [5, 5.41) is 8.78. The first kappa shape index (κ1) is 12.4. The number of ketones is 1. The molecule has 0 aromatic heterocycles. The lowest BCUT2D eigenvalue weighted by atomic mass is 9.79. The lowest BCUT2D eigenvalue weighted by molar-refractivity contribution is 0.104. The van der Waals surface area contributed by atoms with Crippen molar-refractivity contribution in [2.75, 3.05) is 0 Å². The number of benzene rings is 2. The second kappa shape index (κ2) is 4.83. The molecule has 2 nitrogen and oxygen atoms in total. The van der Waals surface area contributed by atoms with Crippen LogP contribution in [0.3, 0.4) is 0 Å². The molecular weight excluding hydrogens is 245 g/mol. The third-order valence-corrected chi connectivity index (χ3v) is 3.50. The Balaban J connectivity index is 2.01. The Bertz CT molecular complexity index is 753. The Morgan fingerprint density at radius 2 is 1.80 bits per heavy atom. The average Bonchev–Trinajstić information content (AvgIpc) is 2.74. The normalized spacial score (nSPS) is 18.9. The van der Waals surface area contributed by atoms with Gasteiger partial charge in [0.05, 0.1) is 19.5 Å². The van der Waals surface area contributed by atoms with Crippen molar-refractivity contribution in [1.82, 2.24) is 0 Å². The molecule has 92 valence electrons. The zero-order valence-electron chi connectivity index (χ0n) is 10.7. The van der Waals surface area contributed by atoms with Crippen LogP contribution in [0.5, 0.6) is 0 Å². The molecular formula is C17H10BNO. The Morgan fingerprint density at radius 1 is 1.10 bits per heavy atom. The number of nitrogens with zero attached hydrogens (tertiary/aromatic N) is 1. The zero-order chi connectivity index (χ0) is 14.1. The Labute approximate surface area is 118 Å². The number of carbonyl (C=O) groups is 1. The first-order chi connectivity index (χ1) is 9.70. The molecule has 0 saturated carbocycles. The van der Waals surface area contributed by atoms with Crippen LogP contribution < -0.4 is 0 Å². The molecule has 1 aliphatic rings. The maximum absolute atomic E-state index is 12.3. The van der Waals surface area contributed by atoms with Gasteiger partial charge in [-0.05, 0) is 40.7 Å². The number of nitriles is 1. The van der Waals surface area contributed by atoms with Gasteiger partial charge in [0.25, 0.3) is 0 Å². The van der Waals surface area contributed by atoms with E-state index in [1.54, 1.807) is 24.3 Å². The van der Waals surface area contributed by atoms with Gasteiger partial charge in [0.1, 0.15) is 0 Å². The average molecular weight is 255 g/mol. The Hall–Kier alpha value is -2.60. The van der Waals surface area contributed by atoms with Crippen molar-refractivity contribution in [2.24, 2.45) is 0 Å². The third kappa shape index (κ3) is 1.96. The molecule has 1 aliphatic carbocycles. The molecule has 0 saturated heterocycles. The second-order valence-corrected chi connectivity index (χ2v) is 4.73. The van der Waals surface area contributed by atoms with Gasteiger partial charge in [-0.15, -0.1) is 0 Å². The van der Waals surface area contributed by atoms with Crippen LogP contribution in [0.4, 0.5) is 0 Å². The van der Waals surface area contributed by atoms with Crippen LogP contribution in [0.2, 0.25) is 0 Å². The van der Waals surface area contributed by atoms with Crippen LogP contribution >= 0.6 is 0 Å². The van der Waals surface area contributed by atoms with Gasteiger partial charge in [0.15, 0.2) is 5.78 Å². The number of fused-ring (bicyclic) bond motifs is 1. The van der Waals surface area contributed by atoms with Gasteiger partial charge in [0, 0.05) is 5.56 Å². The third-order valence-electron chi connectivity index (χ3n) is 3.50. The molecule has 1 atom stereocenters. The predicted molar refractivity (Wildman–Crippen MR) is 78.4 cm³/mol. The Kier molecular flexibility index (Phi) is 3.00. The second-order valence-electron chi connectivity index (χ2n) is 4.73. The molecule has 0 amide bonds. The Morgan fingerprint density at radius 3 is 2.45 bits per heavy atom. The molecule has 3 rings (SSSR count).